The molecule has 1 aromatic carbocycles. The number of ether oxygens (including phenoxy) is 2. The van der Waals surface area contributed by atoms with Crippen LogP contribution in [0.25, 0.3) is 5.82 Å². The molecule has 2 atom stereocenters. The lowest BCUT2D eigenvalue weighted by Gasteiger charge is -2.30. The van der Waals surface area contributed by atoms with Gasteiger partial charge < -0.3 is 14.8 Å². The van der Waals surface area contributed by atoms with Crippen molar-refractivity contribution in [2.75, 3.05) is 5.32 Å². The van der Waals surface area contributed by atoms with Crippen LogP contribution >= 0.6 is 0 Å². The second kappa shape index (κ2) is 6.19. The summed E-state index contributed by atoms with van der Waals surface area (Å²) in [6, 6.07) is 8.82. The zero-order valence-corrected chi connectivity index (χ0v) is 13.2. The Morgan fingerprint density at radius 3 is 2.72 bits per heavy atom. The predicted octanol–water partition coefficient (Wildman–Crippen LogP) is 1.22. The number of anilines is 1. The molecule has 1 amide bonds. The van der Waals surface area contributed by atoms with Gasteiger partial charge in [0.1, 0.15) is 30.9 Å². The average Bonchev–Trinajstić information content (AvgIpc) is 3.16. The van der Waals surface area contributed by atoms with Crippen molar-refractivity contribution in [3.05, 3.63) is 49.3 Å². The maximum absolute atomic E-state index is 12.6. The summed E-state index contributed by atoms with van der Waals surface area (Å²) in [4.78, 5) is 24.6. The van der Waals surface area contributed by atoms with Crippen LogP contribution in [0, 0.1) is 0 Å². The number of amides is 1. The topological polar surface area (TPSA) is 104 Å². The smallest absolute Gasteiger partial charge is 0.270 e. The molecule has 0 bridgehead atoms. The number of aromatic nitrogens is 5. The fraction of sp³-hybridized carbons (Fsp3) is 0.188. The van der Waals surface area contributed by atoms with Gasteiger partial charge in [0.15, 0.2) is 17.3 Å². The van der Waals surface area contributed by atoms with Crippen LogP contribution in [-0.2, 0) is 4.79 Å². The highest BCUT2D eigenvalue weighted by Gasteiger charge is 2.34. The second-order valence-corrected chi connectivity index (χ2v) is 5.40. The number of rotatable bonds is 3. The SMILES string of the molecule is C[C@H]1Oc2ccccc2O[C@H]1C(=O)Nc1cc(-n2cncn2)ncn1. The van der Waals surface area contributed by atoms with Crippen LogP contribution in [0.2, 0.25) is 0 Å². The number of benzene rings is 1. The molecule has 126 valence electrons. The molecule has 1 aliphatic heterocycles. The summed E-state index contributed by atoms with van der Waals surface area (Å²) >= 11 is 0. The first-order chi connectivity index (χ1) is 12.2. The maximum atomic E-state index is 12.6. The molecule has 3 aromatic rings. The number of hydrogen-bond acceptors (Lipinski definition) is 7. The van der Waals surface area contributed by atoms with Gasteiger partial charge in [0, 0.05) is 6.07 Å². The van der Waals surface area contributed by atoms with E-state index >= 15 is 0 Å². The highest BCUT2D eigenvalue weighted by molar-refractivity contribution is 5.94. The van der Waals surface area contributed by atoms with Gasteiger partial charge in [0.25, 0.3) is 5.91 Å². The van der Waals surface area contributed by atoms with E-state index in [4.69, 9.17) is 9.47 Å². The number of carbonyl (C=O) groups excluding carboxylic acids is 1. The summed E-state index contributed by atoms with van der Waals surface area (Å²) in [5, 5.41) is 6.71. The third kappa shape index (κ3) is 2.99. The van der Waals surface area contributed by atoms with E-state index in [2.05, 4.69) is 25.4 Å². The molecule has 1 aliphatic rings. The summed E-state index contributed by atoms with van der Waals surface area (Å²) < 4.78 is 13.0. The molecule has 0 unspecified atom stereocenters. The predicted molar refractivity (Wildman–Crippen MR) is 86.5 cm³/mol. The summed E-state index contributed by atoms with van der Waals surface area (Å²) in [7, 11) is 0. The van der Waals surface area contributed by atoms with Crippen LogP contribution in [0.15, 0.2) is 49.3 Å². The van der Waals surface area contributed by atoms with Crippen LogP contribution in [0.5, 0.6) is 11.5 Å². The first-order valence-corrected chi connectivity index (χ1v) is 7.61. The van der Waals surface area contributed by atoms with Crippen LogP contribution in [0.1, 0.15) is 6.92 Å². The normalized spacial score (nSPS) is 18.6. The van der Waals surface area contributed by atoms with Crippen LogP contribution in [0.3, 0.4) is 0 Å². The molecule has 0 radical (unpaired) electrons. The van der Waals surface area contributed by atoms with Gasteiger partial charge in [-0.3, -0.25) is 4.79 Å². The van der Waals surface area contributed by atoms with E-state index in [0.717, 1.165) is 0 Å². The average molecular weight is 338 g/mol. The Hall–Kier alpha value is -3.49. The number of nitrogens with zero attached hydrogens (tertiary/aromatic N) is 5. The molecule has 9 nitrogen and oxygen atoms in total. The molecule has 0 fully saturated rings. The van der Waals surface area contributed by atoms with E-state index in [1.54, 1.807) is 25.1 Å². The Morgan fingerprint density at radius 1 is 1.16 bits per heavy atom. The van der Waals surface area contributed by atoms with Gasteiger partial charge in [-0.15, -0.1) is 0 Å². The van der Waals surface area contributed by atoms with Crippen molar-refractivity contribution in [3.63, 3.8) is 0 Å². The number of para-hydroxylation sites is 2. The van der Waals surface area contributed by atoms with Gasteiger partial charge >= 0.3 is 0 Å². The Bertz CT molecular complexity index is 898. The van der Waals surface area contributed by atoms with Crippen LogP contribution < -0.4 is 14.8 Å². The molecule has 4 rings (SSSR count). The first-order valence-electron chi connectivity index (χ1n) is 7.61. The standard InChI is InChI=1S/C16H14N6O3/c1-10-15(25-12-5-3-2-4-11(12)24-10)16(23)21-13-6-14(19-8-18-13)22-9-17-7-20-22/h2-10,15H,1H3,(H,18,19,21,23)/t10-,15-/m1/s1. The van der Waals surface area contributed by atoms with Gasteiger partial charge in [-0.05, 0) is 19.1 Å². The fourth-order valence-electron chi connectivity index (χ4n) is 2.47. The van der Waals surface area contributed by atoms with E-state index in [9.17, 15) is 4.79 Å². The third-order valence-corrected chi connectivity index (χ3v) is 3.66. The molecule has 3 heterocycles. The van der Waals surface area contributed by atoms with Crippen molar-refractivity contribution in [2.45, 2.75) is 19.1 Å². The lowest BCUT2D eigenvalue weighted by atomic mass is 10.1. The number of carbonyl (C=O) groups is 1. The minimum Gasteiger partial charge on any atom is -0.482 e. The maximum Gasteiger partial charge on any atom is 0.270 e. The first kappa shape index (κ1) is 15.1. The number of nitrogens with one attached hydrogen (secondary N) is 1. The monoisotopic (exact) mass is 338 g/mol. The van der Waals surface area contributed by atoms with Crippen LogP contribution in [-0.4, -0.2) is 42.8 Å². The molecule has 0 aliphatic carbocycles. The van der Waals surface area contributed by atoms with Crippen molar-refractivity contribution in [3.8, 4) is 17.3 Å². The Kier molecular flexibility index (Phi) is 3.73. The van der Waals surface area contributed by atoms with Crippen molar-refractivity contribution in [2.24, 2.45) is 0 Å². The highest BCUT2D eigenvalue weighted by Crippen LogP contribution is 2.33. The molecule has 0 saturated heterocycles. The fourth-order valence-corrected chi connectivity index (χ4v) is 2.47. The van der Waals surface area contributed by atoms with E-state index in [1.807, 2.05) is 12.1 Å². The van der Waals surface area contributed by atoms with Crippen LogP contribution in [0.4, 0.5) is 5.82 Å². The van der Waals surface area contributed by atoms with Crippen molar-refractivity contribution in [1.29, 1.82) is 0 Å². The second-order valence-electron chi connectivity index (χ2n) is 5.40. The minimum atomic E-state index is -0.792. The molecular weight excluding hydrogens is 324 g/mol. The highest BCUT2D eigenvalue weighted by atomic mass is 16.6. The molecule has 0 saturated carbocycles. The van der Waals surface area contributed by atoms with Gasteiger partial charge in [-0.2, -0.15) is 5.10 Å². The molecule has 9 heteroatoms. The van der Waals surface area contributed by atoms with E-state index in [0.29, 0.717) is 23.1 Å². The summed E-state index contributed by atoms with van der Waals surface area (Å²) in [5.74, 6) is 1.62. The zero-order valence-electron chi connectivity index (χ0n) is 13.2. The van der Waals surface area contributed by atoms with Crippen molar-refractivity contribution < 1.29 is 14.3 Å². The third-order valence-electron chi connectivity index (χ3n) is 3.66. The number of hydrogen-bond donors (Lipinski definition) is 1. The van der Waals surface area contributed by atoms with E-state index < -0.39 is 12.2 Å². The lowest BCUT2D eigenvalue weighted by Crippen LogP contribution is -2.46. The molecule has 0 spiro atoms. The minimum absolute atomic E-state index is 0.333. The van der Waals surface area contributed by atoms with E-state index in [-0.39, 0.29) is 5.91 Å². The Morgan fingerprint density at radius 2 is 1.96 bits per heavy atom. The molecule has 1 N–H and O–H groups in total. The Balaban J connectivity index is 1.52. The van der Waals surface area contributed by atoms with Gasteiger partial charge in [-0.1, -0.05) is 12.1 Å². The Labute approximate surface area is 142 Å². The number of fused-ring (bicyclic) bond motifs is 1. The summed E-state index contributed by atoms with van der Waals surface area (Å²) in [6.07, 6.45) is 3.01. The molecular formula is C16H14N6O3. The van der Waals surface area contributed by atoms with Gasteiger partial charge in [0.05, 0.1) is 0 Å². The molecule has 2 aromatic heterocycles. The van der Waals surface area contributed by atoms with Gasteiger partial charge in [-0.25, -0.2) is 19.6 Å². The largest absolute Gasteiger partial charge is 0.482 e. The van der Waals surface area contributed by atoms with Crippen molar-refractivity contribution in [1.82, 2.24) is 24.7 Å². The quantitative estimate of drug-likeness (QED) is 0.766. The van der Waals surface area contributed by atoms with E-state index in [1.165, 1.54) is 23.7 Å². The lowest BCUT2D eigenvalue weighted by molar-refractivity contribution is -0.128. The summed E-state index contributed by atoms with van der Waals surface area (Å²) in [6.45, 7) is 1.78. The zero-order chi connectivity index (χ0) is 17.2. The van der Waals surface area contributed by atoms with Gasteiger partial charge in [0.2, 0.25) is 6.10 Å². The summed E-state index contributed by atoms with van der Waals surface area (Å²) in [5.41, 5.74) is 0. The van der Waals surface area contributed by atoms with Crippen molar-refractivity contribution >= 4 is 11.7 Å². The molecule has 25 heavy (non-hydrogen) atoms.